The monoisotopic (exact) mass is 549 g/mol. The summed E-state index contributed by atoms with van der Waals surface area (Å²) in [4.78, 5) is 31.9. The average Bonchev–Trinajstić information content (AvgIpc) is 3.22. The van der Waals surface area contributed by atoms with Gasteiger partial charge < -0.3 is 20.0 Å². The zero-order valence-corrected chi connectivity index (χ0v) is 20.9. The van der Waals surface area contributed by atoms with Crippen molar-refractivity contribution in [2.24, 2.45) is 4.99 Å². The van der Waals surface area contributed by atoms with Crippen LogP contribution in [-0.4, -0.2) is 70.9 Å². The summed E-state index contributed by atoms with van der Waals surface area (Å²) in [5.41, 5.74) is 2.34. The van der Waals surface area contributed by atoms with Crippen LogP contribution >= 0.6 is 24.0 Å². The van der Waals surface area contributed by atoms with Crippen molar-refractivity contribution in [3.63, 3.8) is 0 Å². The minimum absolute atomic E-state index is 0. The minimum atomic E-state index is 0. The zero-order chi connectivity index (χ0) is 21.5. The molecule has 1 aromatic carbocycles. The second-order valence-corrected chi connectivity index (χ2v) is 7.93. The Morgan fingerprint density at radius 2 is 1.72 bits per heavy atom. The van der Waals surface area contributed by atoms with Gasteiger partial charge in [-0.3, -0.25) is 4.79 Å². The maximum atomic E-state index is 11.8. The third-order valence-corrected chi connectivity index (χ3v) is 5.73. The molecule has 1 aromatic heterocycles. The van der Waals surface area contributed by atoms with Gasteiger partial charge in [0, 0.05) is 64.6 Å². The molecule has 2 aliphatic heterocycles. The van der Waals surface area contributed by atoms with Crippen LogP contribution in [0.2, 0.25) is 0 Å². The van der Waals surface area contributed by atoms with Crippen LogP contribution in [0.5, 0.6) is 0 Å². The SMILES string of the molecule is CCNC(=NCc1ccc(CN2CCCC2=O)cc1)N1CCN(c2ncccn2)CC1.I. The van der Waals surface area contributed by atoms with Crippen LogP contribution in [0.1, 0.15) is 30.9 Å². The Morgan fingerprint density at radius 3 is 2.34 bits per heavy atom. The second-order valence-electron chi connectivity index (χ2n) is 7.93. The number of halogens is 1. The molecule has 3 heterocycles. The van der Waals surface area contributed by atoms with E-state index in [2.05, 4.69) is 56.3 Å². The Labute approximate surface area is 207 Å². The first kappa shape index (κ1) is 24.2. The highest BCUT2D eigenvalue weighted by Crippen LogP contribution is 2.15. The van der Waals surface area contributed by atoms with Gasteiger partial charge in [-0.25, -0.2) is 15.0 Å². The van der Waals surface area contributed by atoms with E-state index >= 15 is 0 Å². The summed E-state index contributed by atoms with van der Waals surface area (Å²) in [5, 5.41) is 3.42. The fourth-order valence-corrected chi connectivity index (χ4v) is 4.01. The highest BCUT2D eigenvalue weighted by atomic mass is 127. The van der Waals surface area contributed by atoms with Crippen LogP contribution in [0.3, 0.4) is 0 Å². The average molecular weight is 549 g/mol. The molecule has 4 rings (SSSR count). The molecule has 32 heavy (non-hydrogen) atoms. The van der Waals surface area contributed by atoms with Gasteiger partial charge in [-0.1, -0.05) is 24.3 Å². The van der Waals surface area contributed by atoms with Gasteiger partial charge in [-0.15, -0.1) is 24.0 Å². The van der Waals surface area contributed by atoms with E-state index in [-0.39, 0.29) is 29.9 Å². The number of carbonyl (C=O) groups is 1. The molecule has 0 radical (unpaired) electrons. The van der Waals surface area contributed by atoms with E-state index in [1.807, 2.05) is 11.0 Å². The van der Waals surface area contributed by atoms with Gasteiger partial charge in [-0.05, 0) is 30.5 Å². The number of amides is 1. The van der Waals surface area contributed by atoms with E-state index in [1.54, 1.807) is 12.4 Å². The molecule has 2 aliphatic rings. The summed E-state index contributed by atoms with van der Waals surface area (Å²) in [6.45, 7) is 8.66. The summed E-state index contributed by atoms with van der Waals surface area (Å²) in [7, 11) is 0. The number of nitrogens with zero attached hydrogens (tertiary/aromatic N) is 6. The van der Waals surface area contributed by atoms with Crippen LogP contribution in [0.15, 0.2) is 47.7 Å². The lowest BCUT2D eigenvalue weighted by Gasteiger charge is -2.36. The first-order valence-corrected chi connectivity index (χ1v) is 11.1. The Kier molecular flexibility index (Phi) is 9.07. The molecule has 2 saturated heterocycles. The van der Waals surface area contributed by atoms with Crippen molar-refractivity contribution in [2.75, 3.05) is 44.2 Å². The highest BCUT2D eigenvalue weighted by molar-refractivity contribution is 14.0. The lowest BCUT2D eigenvalue weighted by molar-refractivity contribution is -0.128. The number of hydrogen-bond donors (Lipinski definition) is 1. The van der Waals surface area contributed by atoms with Crippen molar-refractivity contribution >= 4 is 41.8 Å². The van der Waals surface area contributed by atoms with Crippen molar-refractivity contribution in [3.05, 3.63) is 53.9 Å². The maximum Gasteiger partial charge on any atom is 0.225 e. The number of hydrogen-bond acceptors (Lipinski definition) is 5. The third-order valence-electron chi connectivity index (χ3n) is 5.73. The lowest BCUT2D eigenvalue weighted by atomic mass is 10.1. The van der Waals surface area contributed by atoms with E-state index in [1.165, 1.54) is 11.1 Å². The smallest absolute Gasteiger partial charge is 0.225 e. The van der Waals surface area contributed by atoms with Gasteiger partial charge in [0.15, 0.2) is 5.96 Å². The van der Waals surface area contributed by atoms with Crippen molar-refractivity contribution in [3.8, 4) is 0 Å². The zero-order valence-electron chi connectivity index (χ0n) is 18.6. The van der Waals surface area contributed by atoms with Crippen LogP contribution in [0, 0.1) is 0 Å². The number of aliphatic imine (C=N–C) groups is 1. The molecule has 0 atom stereocenters. The number of aromatic nitrogens is 2. The van der Waals surface area contributed by atoms with Crippen LogP contribution < -0.4 is 10.2 Å². The number of guanidine groups is 1. The fraction of sp³-hybridized carbons (Fsp3) is 0.478. The van der Waals surface area contributed by atoms with Crippen molar-refractivity contribution < 1.29 is 4.79 Å². The summed E-state index contributed by atoms with van der Waals surface area (Å²) < 4.78 is 0. The molecule has 0 unspecified atom stereocenters. The van der Waals surface area contributed by atoms with E-state index in [0.717, 1.165) is 57.6 Å². The minimum Gasteiger partial charge on any atom is -0.357 e. The van der Waals surface area contributed by atoms with E-state index in [9.17, 15) is 4.79 Å². The van der Waals surface area contributed by atoms with Gasteiger partial charge in [0.1, 0.15) is 0 Å². The number of likely N-dealkylation sites (tertiary alicyclic amines) is 1. The van der Waals surface area contributed by atoms with Crippen molar-refractivity contribution in [1.82, 2.24) is 25.1 Å². The number of carbonyl (C=O) groups excluding carboxylic acids is 1. The molecule has 8 nitrogen and oxygen atoms in total. The lowest BCUT2D eigenvalue weighted by Crippen LogP contribution is -2.52. The summed E-state index contributed by atoms with van der Waals surface area (Å²) in [5.74, 6) is 2.01. The molecule has 0 spiro atoms. The molecule has 2 fully saturated rings. The normalized spacial score (nSPS) is 16.8. The predicted molar refractivity (Wildman–Crippen MR) is 137 cm³/mol. The van der Waals surface area contributed by atoms with Crippen LogP contribution in [-0.2, 0) is 17.9 Å². The first-order chi connectivity index (χ1) is 15.2. The number of benzene rings is 1. The van der Waals surface area contributed by atoms with Gasteiger partial charge in [0.2, 0.25) is 11.9 Å². The molecule has 1 N–H and O–H groups in total. The molecule has 0 saturated carbocycles. The standard InChI is InChI=1S/C23H31N7O.HI/c1-2-24-22(28-13-15-29(16-14-28)23-25-10-4-11-26-23)27-17-19-6-8-20(9-7-19)18-30-12-3-5-21(30)31;/h4,6-11H,2-3,5,12-18H2,1H3,(H,24,27);1H. The quantitative estimate of drug-likeness (QED) is 0.339. The number of rotatable bonds is 6. The van der Waals surface area contributed by atoms with E-state index in [0.29, 0.717) is 19.5 Å². The van der Waals surface area contributed by atoms with Gasteiger partial charge in [0.05, 0.1) is 6.54 Å². The van der Waals surface area contributed by atoms with Gasteiger partial charge >= 0.3 is 0 Å². The topological polar surface area (TPSA) is 77.0 Å². The number of nitrogens with one attached hydrogen (secondary N) is 1. The third kappa shape index (κ3) is 6.30. The Bertz CT molecular complexity index is 883. The second kappa shape index (κ2) is 12.0. The Balaban J connectivity index is 0.00000289. The Morgan fingerprint density at radius 1 is 1.03 bits per heavy atom. The molecular formula is C23H32IN7O. The van der Waals surface area contributed by atoms with Gasteiger partial charge in [-0.2, -0.15) is 0 Å². The molecule has 2 aromatic rings. The molecule has 1 amide bonds. The van der Waals surface area contributed by atoms with Crippen LogP contribution in [0.25, 0.3) is 0 Å². The predicted octanol–water partition coefficient (Wildman–Crippen LogP) is 2.50. The summed E-state index contributed by atoms with van der Waals surface area (Å²) in [6.07, 6.45) is 5.24. The van der Waals surface area contributed by atoms with E-state index in [4.69, 9.17) is 4.99 Å². The molecule has 9 heteroatoms. The fourth-order valence-electron chi connectivity index (χ4n) is 4.01. The Hall–Kier alpha value is -2.43. The van der Waals surface area contributed by atoms with Crippen LogP contribution in [0.4, 0.5) is 5.95 Å². The molecular weight excluding hydrogens is 517 g/mol. The summed E-state index contributed by atoms with van der Waals surface area (Å²) in [6, 6.07) is 10.3. The molecule has 0 aliphatic carbocycles. The van der Waals surface area contributed by atoms with Gasteiger partial charge in [0.25, 0.3) is 0 Å². The van der Waals surface area contributed by atoms with Crippen molar-refractivity contribution in [1.29, 1.82) is 0 Å². The molecule has 172 valence electrons. The highest BCUT2D eigenvalue weighted by Gasteiger charge is 2.21. The maximum absolute atomic E-state index is 11.8. The molecule has 0 bridgehead atoms. The van der Waals surface area contributed by atoms with E-state index < -0.39 is 0 Å². The number of anilines is 1. The first-order valence-electron chi connectivity index (χ1n) is 11.1. The summed E-state index contributed by atoms with van der Waals surface area (Å²) >= 11 is 0. The number of piperazine rings is 1. The van der Waals surface area contributed by atoms with Crippen molar-refractivity contribution in [2.45, 2.75) is 32.9 Å². The largest absolute Gasteiger partial charge is 0.357 e.